The Labute approximate surface area is 423 Å². The van der Waals surface area contributed by atoms with E-state index in [1.807, 2.05) is 36.1 Å². The van der Waals surface area contributed by atoms with Gasteiger partial charge in [-0.15, -0.1) is 0 Å². The fraction of sp³-hybridized carbons (Fsp3) is 0.692. The zero-order valence-corrected chi connectivity index (χ0v) is 42.1. The molecule has 0 aromatic carbocycles. The minimum atomic E-state index is -2.34. The van der Waals surface area contributed by atoms with E-state index in [1.54, 1.807) is 81.5 Å². The number of esters is 1. The normalized spacial score (nSPS) is 42.3. The van der Waals surface area contributed by atoms with Crippen LogP contribution in [0.1, 0.15) is 85.5 Å². The van der Waals surface area contributed by atoms with Crippen LogP contribution >= 0.6 is 0 Å². The molecular weight excluding hydrogens is 939 g/mol. The van der Waals surface area contributed by atoms with E-state index in [4.69, 9.17) is 30.4 Å². The number of nitrogens with zero attached hydrogens (tertiary/aromatic N) is 1. The van der Waals surface area contributed by atoms with E-state index < -0.39 is 147 Å². The molecule has 410 valence electrons. The van der Waals surface area contributed by atoms with Gasteiger partial charge in [0.1, 0.15) is 18.1 Å². The molecule has 0 radical (unpaired) electrons. The molecule has 15 N–H and O–H groups in total. The van der Waals surface area contributed by atoms with E-state index in [2.05, 4.69) is 0 Å². The van der Waals surface area contributed by atoms with Crippen molar-refractivity contribution >= 4 is 11.9 Å². The van der Waals surface area contributed by atoms with Crippen molar-refractivity contribution in [3.8, 4) is 0 Å². The van der Waals surface area contributed by atoms with Gasteiger partial charge >= 0.3 is 11.9 Å². The standard InChI is InChI=1S/C52H85N3O17/c1-32-18-15-13-11-9-7-5-6-8-10-12-14-16-19-39(71-51-49(65)46(48(64)35(4)70-51)55(25-23-54)24-17-22-53)29-43-45(50(66)67)42(61)31-52(68,72-43)30-38(58)27-41(60)40(59)21-20-36(56)26-37(57)28-44(62)69-34(3)33(2)47(32)63/h5-16,18-19,32-43,45-49,51,56-61,63-65,68H,17,20-31,53-54H2,1-4H3,(H,66,67)/b6-5+,9-7+,10-8+,13-11+,14-12+,18-15+,19-16+/t32-,33-,34-,35?,36?,37?,38?,39?,40?,41?,42-,43?,45?,46-,47?,48?,49-,51-,52?/m0/s1. The summed E-state index contributed by atoms with van der Waals surface area (Å²) in [6.45, 7) is 8.11. The monoisotopic (exact) mass is 1020 g/mol. The van der Waals surface area contributed by atoms with Crippen molar-refractivity contribution in [2.75, 3.05) is 26.2 Å². The van der Waals surface area contributed by atoms with E-state index in [0.29, 0.717) is 26.1 Å². The van der Waals surface area contributed by atoms with Crippen LogP contribution in [0.3, 0.4) is 0 Å². The molecule has 0 aliphatic carbocycles. The molecule has 20 nitrogen and oxygen atoms in total. The third kappa shape index (κ3) is 21.0. The first kappa shape index (κ1) is 62.8. The third-order valence-electron chi connectivity index (χ3n) is 13.4. The predicted molar refractivity (Wildman–Crippen MR) is 267 cm³/mol. The number of carbonyl (C=O) groups is 2. The van der Waals surface area contributed by atoms with Crippen LogP contribution in [-0.4, -0.2) is 197 Å². The fourth-order valence-corrected chi connectivity index (χ4v) is 9.22. The van der Waals surface area contributed by atoms with Crippen LogP contribution in [-0.2, 0) is 28.5 Å². The van der Waals surface area contributed by atoms with Gasteiger partial charge in [0, 0.05) is 50.6 Å². The lowest BCUT2D eigenvalue weighted by molar-refractivity contribution is -0.312. The van der Waals surface area contributed by atoms with Gasteiger partial charge in [-0.05, 0) is 52.6 Å². The Morgan fingerprint density at radius 2 is 1.28 bits per heavy atom. The number of aliphatic hydroxyl groups excluding tert-OH is 9. The summed E-state index contributed by atoms with van der Waals surface area (Å²) < 4.78 is 23.8. The van der Waals surface area contributed by atoms with Crippen molar-refractivity contribution in [3.05, 3.63) is 85.1 Å². The number of allylic oxidation sites excluding steroid dienone is 12. The lowest BCUT2D eigenvalue weighted by Gasteiger charge is -2.47. The number of fused-ring (bicyclic) bond motifs is 2. The van der Waals surface area contributed by atoms with Crippen molar-refractivity contribution in [1.82, 2.24) is 4.90 Å². The first-order valence-corrected chi connectivity index (χ1v) is 25.2. The molecule has 2 saturated heterocycles. The summed E-state index contributed by atoms with van der Waals surface area (Å²) >= 11 is 0. The Balaban J connectivity index is 1.94. The van der Waals surface area contributed by atoms with Gasteiger partial charge in [-0.2, -0.15) is 0 Å². The number of aliphatic hydroxyl groups is 10. The number of ether oxygens (including phenoxy) is 4. The summed E-state index contributed by atoms with van der Waals surface area (Å²) in [7, 11) is 0. The van der Waals surface area contributed by atoms with Gasteiger partial charge in [0.15, 0.2) is 12.1 Å². The van der Waals surface area contributed by atoms with Crippen LogP contribution in [0, 0.1) is 17.8 Å². The van der Waals surface area contributed by atoms with Gasteiger partial charge in [-0.1, -0.05) is 98.9 Å². The number of carbonyl (C=O) groups excluding carboxylic acids is 1. The minimum Gasteiger partial charge on any atom is -0.481 e. The molecular formula is C52H85N3O17. The quantitative estimate of drug-likeness (QED) is 0.139. The van der Waals surface area contributed by atoms with Crippen molar-refractivity contribution in [2.45, 2.75) is 183 Å². The van der Waals surface area contributed by atoms with Crippen LogP contribution in [0.25, 0.3) is 0 Å². The van der Waals surface area contributed by atoms with E-state index in [9.17, 15) is 65.8 Å². The maximum absolute atomic E-state index is 12.7. The van der Waals surface area contributed by atoms with Gasteiger partial charge in [0.2, 0.25) is 0 Å². The highest BCUT2D eigenvalue weighted by molar-refractivity contribution is 5.71. The van der Waals surface area contributed by atoms with Gasteiger partial charge < -0.3 is 86.6 Å². The van der Waals surface area contributed by atoms with Gasteiger partial charge in [-0.3, -0.25) is 14.5 Å². The fourth-order valence-electron chi connectivity index (χ4n) is 9.22. The molecule has 3 rings (SSSR count). The molecule has 2 fully saturated rings. The highest BCUT2D eigenvalue weighted by Crippen LogP contribution is 2.38. The number of nitrogens with two attached hydrogens (primary N) is 2. The molecule has 20 heteroatoms. The average molecular weight is 1020 g/mol. The Kier molecular flexibility index (Phi) is 27.9. The maximum Gasteiger partial charge on any atom is 0.311 e. The molecule has 72 heavy (non-hydrogen) atoms. The molecule has 2 bridgehead atoms. The summed E-state index contributed by atoms with van der Waals surface area (Å²) in [6.07, 6.45) is 4.13. The van der Waals surface area contributed by atoms with Crippen LogP contribution in [0.2, 0.25) is 0 Å². The second-order valence-corrected chi connectivity index (χ2v) is 19.4. The smallest absolute Gasteiger partial charge is 0.311 e. The van der Waals surface area contributed by atoms with Crippen LogP contribution in [0.15, 0.2) is 85.1 Å². The van der Waals surface area contributed by atoms with E-state index >= 15 is 0 Å². The van der Waals surface area contributed by atoms with E-state index in [1.165, 1.54) is 0 Å². The van der Waals surface area contributed by atoms with Gasteiger partial charge in [0.05, 0.1) is 79.6 Å². The number of hydrogen-bond donors (Lipinski definition) is 13. The molecule has 3 aliphatic heterocycles. The Hall–Kier alpha value is -3.52. The summed E-state index contributed by atoms with van der Waals surface area (Å²) in [4.78, 5) is 27.2. The number of cyclic esters (lactones) is 1. The van der Waals surface area contributed by atoms with Gasteiger partial charge in [-0.25, -0.2) is 0 Å². The number of aliphatic carboxylic acids is 1. The summed E-state index contributed by atoms with van der Waals surface area (Å²) in [5.41, 5.74) is 11.7. The van der Waals surface area contributed by atoms with E-state index in [-0.39, 0.29) is 38.1 Å². The lowest BCUT2D eigenvalue weighted by Crippen LogP contribution is -2.64. The molecule has 3 heterocycles. The van der Waals surface area contributed by atoms with Crippen LogP contribution in [0.4, 0.5) is 0 Å². The van der Waals surface area contributed by atoms with Crippen molar-refractivity contribution in [2.24, 2.45) is 29.2 Å². The Morgan fingerprint density at radius 1 is 0.681 bits per heavy atom. The summed E-state index contributed by atoms with van der Waals surface area (Å²) in [5.74, 6) is -6.88. The number of hydrogen-bond acceptors (Lipinski definition) is 19. The Bertz CT molecular complexity index is 1810. The molecule has 0 spiro atoms. The second-order valence-electron chi connectivity index (χ2n) is 19.4. The highest BCUT2D eigenvalue weighted by Gasteiger charge is 2.51. The summed E-state index contributed by atoms with van der Waals surface area (Å²) in [5, 5.41) is 121. The topological polar surface area (TPSA) is 349 Å². The van der Waals surface area contributed by atoms with Crippen molar-refractivity contribution in [1.29, 1.82) is 0 Å². The molecule has 0 aromatic rings. The second kappa shape index (κ2) is 32.0. The van der Waals surface area contributed by atoms with Crippen molar-refractivity contribution in [3.63, 3.8) is 0 Å². The molecule has 0 amide bonds. The van der Waals surface area contributed by atoms with E-state index in [0.717, 1.165) is 0 Å². The molecule has 19 atom stereocenters. The SMILES string of the molecule is CC1O[C@@H](OC2/C=C/C=C/C=C/C=C/C=C/C=C/C=C/[C@H](C)C(O)[C@@H](C)[C@H](C)OC(=O)CC(O)CC(O)CCC(O)C(O)CC(O)CC3(O)C[C@H](O)C(C(=O)O)C(C2)O3)[C@@H](O)[C@@H](N(CCN)CCCN)C1O. The largest absolute Gasteiger partial charge is 0.481 e. The molecule has 0 aromatic heterocycles. The predicted octanol–water partition coefficient (Wildman–Crippen LogP) is 0.363. The zero-order valence-electron chi connectivity index (χ0n) is 42.1. The number of rotatable bonds is 9. The first-order valence-electron chi connectivity index (χ1n) is 25.2. The van der Waals surface area contributed by atoms with Gasteiger partial charge in [0.25, 0.3) is 0 Å². The molecule has 0 saturated carbocycles. The van der Waals surface area contributed by atoms with Crippen LogP contribution in [0.5, 0.6) is 0 Å². The first-order chi connectivity index (χ1) is 34.1. The molecule has 12 unspecified atom stereocenters. The Morgan fingerprint density at radius 3 is 1.86 bits per heavy atom. The maximum atomic E-state index is 12.7. The van der Waals surface area contributed by atoms with Crippen molar-refractivity contribution < 1.29 is 84.7 Å². The average Bonchev–Trinajstić information content (AvgIpc) is 3.29. The number of carboxylic acids is 1. The zero-order chi connectivity index (χ0) is 53.5. The van der Waals surface area contributed by atoms with Crippen LogP contribution < -0.4 is 11.5 Å². The summed E-state index contributed by atoms with van der Waals surface area (Å²) in [6, 6.07) is -0.893. The number of carboxylic acid groups (broad SMARTS) is 1. The minimum absolute atomic E-state index is 0.112. The molecule has 3 aliphatic rings. The third-order valence-corrected chi connectivity index (χ3v) is 13.4. The highest BCUT2D eigenvalue weighted by atomic mass is 16.7. The lowest BCUT2D eigenvalue weighted by atomic mass is 9.82.